The topological polar surface area (TPSA) is 237 Å². The van der Waals surface area contributed by atoms with E-state index in [2.05, 4.69) is 34.6 Å². The van der Waals surface area contributed by atoms with Crippen LogP contribution in [0.4, 0.5) is 0 Å². The maximum Gasteiger partial charge on any atom is 0.472 e. The van der Waals surface area contributed by atoms with E-state index in [1.54, 1.807) is 0 Å². The molecule has 0 aliphatic carbocycles. The molecule has 0 aromatic carbocycles. The van der Waals surface area contributed by atoms with E-state index < -0.39 is 97.5 Å². The summed E-state index contributed by atoms with van der Waals surface area (Å²) in [7, 11) is -9.91. The second-order valence-electron chi connectivity index (χ2n) is 26.9. The molecule has 0 radical (unpaired) electrons. The number of aliphatic hydroxyl groups is 1. The van der Waals surface area contributed by atoms with Gasteiger partial charge in [-0.25, -0.2) is 9.13 Å². The zero-order chi connectivity index (χ0) is 68.4. The summed E-state index contributed by atoms with van der Waals surface area (Å²) >= 11 is 0. The van der Waals surface area contributed by atoms with Crippen LogP contribution < -0.4 is 0 Å². The lowest BCUT2D eigenvalue weighted by molar-refractivity contribution is -0.161. The number of aliphatic hydroxyl groups excluding tert-OH is 1. The van der Waals surface area contributed by atoms with Gasteiger partial charge in [-0.1, -0.05) is 336 Å². The van der Waals surface area contributed by atoms with E-state index in [0.717, 1.165) is 102 Å². The number of unbranched alkanes of at least 4 members (excludes halogenated alkanes) is 45. The fourth-order valence-corrected chi connectivity index (χ4v) is 12.9. The van der Waals surface area contributed by atoms with Crippen molar-refractivity contribution in [2.24, 2.45) is 5.92 Å². The van der Waals surface area contributed by atoms with E-state index in [1.165, 1.54) is 205 Å². The molecule has 17 nitrogen and oxygen atoms in total. The number of esters is 4. The fourth-order valence-electron chi connectivity index (χ4n) is 11.3. The van der Waals surface area contributed by atoms with Crippen LogP contribution in [-0.4, -0.2) is 96.7 Å². The standard InChI is InChI=1S/C74H144O17P2/c1-6-10-13-16-19-22-25-28-30-31-34-37-40-43-50-55-60-73(78)90-69(63-84-71(76)57-52-47-41-38-35-33-29-26-23-20-17-14-11-7-2)65-88-92(80,81)86-61-68(75)62-87-93(82,83)89-66-70(64-85-72(77)58-53-48-45-44-46-51-56-67(5)9-4)91-74(79)59-54-49-42-39-36-32-27-24-21-18-15-12-8-3/h67-70,75H,6-66H2,1-5H3,(H,80,81)(H,82,83)/t67?,68-,69-,70-/m1/s1. The van der Waals surface area contributed by atoms with Crippen molar-refractivity contribution < 1.29 is 80.2 Å². The highest BCUT2D eigenvalue weighted by molar-refractivity contribution is 7.47. The predicted molar refractivity (Wildman–Crippen MR) is 377 cm³/mol. The normalized spacial score (nSPS) is 14.3. The molecule has 3 N–H and O–H groups in total. The molecule has 19 heteroatoms. The third kappa shape index (κ3) is 67.0. The van der Waals surface area contributed by atoms with Gasteiger partial charge in [0.1, 0.15) is 19.3 Å². The predicted octanol–water partition coefficient (Wildman–Crippen LogP) is 21.7. The maximum atomic E-state index is 13.1. The molecule has 0 heterocycles. The summed E-state index contributed by atoms with van der Waals surface area (Å²) in [6.07, 6.45) is 55.3. The molecular formula is C74H144O17P2. The molecule has 0 aliphatic rings. The van der Waals surface area contributed by atoms with Gasteiger partial charge in [0.25, 0.3) is 0 Å². The van der Waals surface area contributed by atoms with Crippen molar-refractivity contribution >= 4 is 39.5 Å². The smallest absolute Gasteiger partial charge is 0.462 e. The summed E-state index contributed by atoms with van der Waals surface area (Å²) in [6, 6.07) is 0. The van der Waals surface area contributed by atoms with Crippen LogP contribution in [-0.2, 0) is 65.4 Å². The summed E-state index contributed by atoms with van der Waals surface area (Å²) in [5.41, 5.74) is 0. The molecule has 0 aliphatic heterocycles. The van der Waals surface area contributed by atoms with E-state index in [0.29, 0.717) is 25.7 Å². The summed E-state index contributed by atoms with van der Waals surface area (Å²) in [5, 5.41) is 10.6. The summed E-state index contributed by atoms with van der Waals surface area (Å²) in [4.78, 5) is 72.7. The summed E-state index contributed by atoms with van der Waals surface area (Å²) in [6.45, 7) is 7.25. The van der Waals surface area contributed by atoms with E-state index in [-0.39, 0.29) is 25.7 Å². The van der Waals surface area contributed by atoms with E-state index in [4.69, 9.17) is 37.0 Å². The summed E-state index contributed by atoms with van der Waals surface area (Å²) in [5.74, 6) is -1.38. The Hall–Kier alpha value is -1.94. The van der Waals surface area contributed by atoms with Gasteiger partial charge in [0.2, 0.25) is 0 Å². The molecule has 0 saturated heterocycles. The highest BCUT2D eigenvalue weighted by Crippen LogP contribution is 2.45. The number of hydrogen-bond acceptors (Lipinski definition) is 15. The summed E-state index contributed by atoms with van der Waals surface area (Å²) < 4.78 is 68.5. The molecule has 93 heavy (non-hydrogen) atoms. The third-order valence-corrected chi connectivity index (χ3v) is 19.5. The van der Waals surface area contributed by atoms with Crippen LogP contribution >= 0.6 is 15.6 Å². The Morgan fingerprint density at radius 3 is 0.763 bits per heavy atom. The lowest BCUT2D eigenvalue weighted by Gasteiger charge is -2.21. The van der Waals surface area contributed by atoms with Gasteiger partial charge >= 0.3 is 39.5 Å². The molecule has 0 spiro atoms. The number of ether oxygens (including phenoxy) is 4. The van der Waals surface area contributed by atoms with Crippen molar-refractivity contribution in [3.05, 3.63) is 0 Å². The van der Waals surface area contributed by atoms with E-state index in [9.17, 15) is 43.2 Å². The van der Waals surface area contributed by atoms with Crippen LogP contribution in [0.1, 0.15) is 388 Å². The number of hydrogen-bond donors (Lipinski definition) is 3. The van der Waals surface area contributed by atoms with Crippen LogP contribution in [0, 0.1) is 5.92 Å². The van der Waals surface area contributed by atoms with Gasteiger partial charge in [0, 0.05) is 25.7 Å². The first-order valence-corrected chi connectivity index (χ1v) is 41.7. The Kier molecular flexibility index (Phi) is 65.9. The molecule has 552 valence electrons. The third-order valence-electron chi connectivity index (χ3n) is 17.6. The minimum Gasteiger partial charge on any atom is -0.462 e. The molecule has 6 atom stereocenters. The molecule has 0 rings (SSSR count). The van der Waals surface area contributed by atoms with Gasteiger partial charge in [-0.05, 0) is 31.6 Å². The van der Waals surface area contributed by atoms with Gasteiger partial charge < -0.3 is 33.8 Å². The Morgan fingerprint density at radius 1 is 0.301 bits per heavy atom. The van der Waals surface area contributed by atoms with Crippen LogP contribution in [0.2, 0.25) is 0 Å². The van der Waals surface area contributed by atoms with Crippen molar-refractivity contribution in [1.29, 1.82) is 0 Å². The Morgan fingerprint density at radius 2 is 0.516 bits per heavy atom. The van der Waals surface area contributed by atoms with Crippen LogP contribution in [0.5, 0.6) is 0 Å². The zero-order valence-corrected chi connectivity index (χ0v) is 62.2. The second-order valence-corrected chi connectivity index (χ2v) is 29.8. The van der Waals surface area contributed by atoms with Crippen molar-refractivity contribution in [3.63, 3.8) is 0 Å². The van der Waals surface area contributed by atoms with Gasteiger partial charge in [-0.2, -0.15) is 0 Å². The molecule has 3 unspecified atom stereocenters. The highest BCUT2D eigenvalue weighted by Gasteiger charge is 2.30. The van der Waals surface area contributed by atoms with Gasteiger partial charge in [0.15, 0.2) is 12.2 Å². The largest absolute Gasteiger partial charge is 0.472 e. The number of phosphoric acid groups is 2. The number of carbonyl (C=O) groups excluding carboxylic acids is 4. The van der Waals surface area contributed by atoms with Crippen LogP contribution in [0.25, 0.3) is 0 Å². The molecule has 0 amide bonds. The fraction of sp³-hybridized carbons (Fsp3) is 0.946. The lowest BCUT2D eigenvalue weighted by atomic mass is 10.00. The molecule has 0 saturated carbocycles. The highest BCUT2D eigenvalue weighted by atomic mass is 31.2. The average Bonchev–Trinajstić information content (AvgIpc) is 3.11. The zero-order valence-electron chi connectivity index (χ0n) is 60.4. The quantitative estimate of drug-likeness (QED) is 0.0222. The number of rotatable bonds is 74. The molecule has 0 bridgehead atoms. The van der Waals surface area contributed by atoms with Crippen LogP contribution in [0.3, 0.4) is 0 Å². The molecular weight excluding hydrogens is 1220 g/mol. The Bertz CT molecular complexity index is 1790. The first-order valence-electron chi connectivity index (χ1n) is 38.7. The van der Waals surface area contributed by atoms with Gasteiger partial charge in [-0.3, -0.25) is 37.3 Å². The molecule has 0 fully saturated rings. The number of phosphoric ester groups is 2. The minimum absolute atomic E-state index is 0.107. The Balaban J connectivity index is 5.25. The number of carbonyl (C=O) groups is 4. The lowest BCUT2D eigenvalue weighted by Crippen LogP contribution is -2.30. The van der Waals surface area contributed by atoms with Gasteiger partial charge in [-0.15, -0.1) is 0 Å². The maximum absolute atomic E-state index is 13.1. The van der Waals surface area contributed by atoms with Crippen molar-refractivity contribution in [1.82, 2.24) is 0 Å². The van der Waals surface area contributed by atoms with Crippen LogP contribution in [0.15, 0.2) is 0 Å². The second kappa shape index (κ2) is 67.3. The van der Waals surface area contributed by atoms with Gasteiger partial charge in [0.05, 0.1) is 26.4 Å². The van der Waals surface area contributed by atoms with E-state index >= 15 is 0 Å². The first-order chi connectivity index (χ1) is 45.1. The Labute approximate surface area is 568 Å². The molecule has 0 aromatic rings. The minimum atomic E-state index is -4.95. The first kappa shape index (κ1) is 91.1. The van der Waals surface area contributed by atoms with Crippen molar-refractivity contribution in [2.75, 3.05) is 39.6 Å². The van der Waals surface area contributed by atoms with Crippen molar-refractivity contribution in [3.8, 4) is 0 Å². The monoisotopic (exact) mass is 1370 g/mol. The average molecular weight is 1370 g/mol. The SMILES string of the molecule is CCCCCCCCCCCCCCCCCCC(=O)O[C@H](COC(=O)CCCCCCCCCCCCCCCC)COP(=O)(O)OC[C@@H](O)COP(=O)(O)OC[C@@H](COC(=O)CCCCCCCCC(C)CC)OC(=O)CCCCCCCCCCCCCCC. The molecule has 0 aromatic heterocycles. The van der Waals surface area contributed by atoms with Crippen molar-refractivity contribution in [2.45, 2.75) is 406 Å². The van der Waals surface area contributed by atoms with E-state index in [1.807, 2.05) is 0 Å².